The van der Waals surface area contributed by atoms with Crippen molar-refractivity contribution < 1.29 is 9.90 Å². The van der Waals surface area contributed by atoms with Gasteiger partial charge in [-0.05, 0) is 37.3 Å². The predicted octanol–water partition coefficient (Wildman–Crippen LogP) is 2.21. The van der Waals surface area contributed by atoms with Gasteiger partial charge in [-0.25, -0.2) is 0 Å². The standard InChI is InChI=1S/C15H16N2O2/c1-10-2-4-11(5-3-10)15(19)17-9-12-8-13(16)6-7-14(12)18/h2-8,18H,9,16H2,1H3,(H,17,19). The number of carbonyl (C=O) groups excluding carboxylic acids is 1. The van der Waals surface area contributed by atoms with E-state index in [1.54, 1.807) is 24.3 Å². The van der Waals surface area contributed by atoms with Gasteiger partial charge in [-0.1, -0.05) is 17.7 Å². The molecule has 2 aromatic carbocycles. The minimum Gasteiger partial charge on any atom is -0.508 e. The summed E-state index contributed by atoms with van der Waals surface area (Å²) < 4.78 is 0. The number of hydrogen-bond acceptors (Lipinski definition) is 3. The van der Waals surface area contributed by atoms with Gasteiger partial charge in [-0.15, -0.1) is 0 Å². The van der Waals surface area contributed by atoms with Gasteiger partial charge < -0.3 is 16.2 Å². The van der Waals surface area contributed by atoms with Crippen molar-refractivity contribution in [2.45, 2.75) is 13.5 Å². The molecule has 0 heterocycles. The number of amides is 1. The number of nitrogens with one attached hydrogen (secondary N) is 1. The average molecular weight is 256 g/mol. The lowest BCUT2D eigenvalue weighted by Crippen LogP contribution is -2.22. The number of rotatable bonds is 3. The lowest BCUT2D eigenvalue weighted by molar-refractivity contribution is 0.0951. The highest BCUT2D eigenvalue weighted by molar-refractivity contribution is 5.94. The number of aryl methyl sites for hydroxylation is 1. The van der Waals surface area contributed by atoms with Gasteiger partial charge in [0, 0.05) is 23.4 Å². The Morgan fingerprint density at radius 3 is 2.58 bits per heavy atom. The monoisotopic (exact) mass is 256 g/mol. The molecule has 0 aliphatic carbocycles. The third-order valence-electron chi connectivity index (χ3n) is 2.86. The lowest BCUT2D eigenvalue weighted by Gasteiger charge is -2.08. The first-order chi connectivity index (χ1) is 9.06. The SMILES string of the molecule is Cc1ccc(C(=O)NCc2cc(N)ccc2O)cc1. The van der Waals surface area contributed by atoms with E-state index in [1.165, 1.54) is 6.07 Å². The molecule has 0 unspecified atom stereocenters. The van der Waals surface area contributed by atoms with E-state index < -0.39 is 0 Å². The zero-order valence-corrected chi connectivity index (χ0v) is 10.7. The van der Waals surface area contributed by atoms with Gasteiger partial charge in [0.2, 0.25) is 0 Å². The van der Waals surface area contributed by atoms with Crippen LogP contribution in [0.2, 0.25) is 0 Å². The van der Waals surface area contributed by atoms with Crippen molar-refractivity contribution >= 4 is 11.6 Å². The van der Waals surface area contributed by atoms with Crippen molar-refractivity contribution in [3.05, 3.63) is 59.2 Å². The van der Waals surface area contributed by atoms with Gasteiger partial charge >= 0.3 is 0 Å². The fourth-order valence-electron chi connectivity index (χ4n) is 1.73. The highest BCUT2D eigenvalue weighted by Crippen LogP contribution is 2.19. The summed E-state index contributed by atoms with van der Waals surface area (Å²) in [6.45, 7) is 2.20. The van der Waals surface area contributed by atoms with Crippen LogP contribution in [0.15, 0.2) is 42.5 Å². The maximum absolute atomic E-state index is 11.9. The molecule has 0 fully saturated rings. The summed E-state index contributed by atoms with van der Waals surface area (Å²) in [4.78, 5) is 11.9. The Hall–Kier alpha value is -2.49. The summed E-state index contributed by atoms with van der Waals surface area (Å²) in [6, 6.07) is 12.1. The Morgan fingerprint density at radius 2 is 1.89 bits per heavy atom. The molecule has 19 heavy (non-hydrogen) atoms. The molecule has 2 rings (SSSR count). The molecule has 0 bridgehead atoms. The Morgan fingerprint density at radius 1 is 1.21 bits per heavy atom. The predicted molar refractivity (Wildman–Crippen MR) is 74.9 cm³/mol. The first kappa shape index (κ1) is 13.0. The lowest BCUT2D eigenvalue weighted by atomic mass is 10.1. The zero-order chi connectivity index (χ0) is 13.8. The Labute approximate surface area is 111 Å². The Balaban J connectivity index is 2.04. The van der Waals surface area contributed by atoms with Crippen LogP contribution in [0.5, 0.6) is 5.75 Å². The first-order valence-electron chi connectivity index (χ1n) is 5.98. The van der Waals surface area contributed by atoms with Gasteiger partial charge in [0.05, 0.1) is 0 Å². The second-order valence-electron chi connectivity index (χ2n) is 4.44. The third-order valence-corrected chi connectivity index (χ3v) is 2.86. The minimum atomic E-state index is -0.179. The Kier molecular flexibility index (Phi) is 3.71. The molecule has 0 aromatic heterocycles. The van der Waals surface area contributed by atoms with E-state index in [1.807, 2.05) is 19.1 Å². The van der Waals surface area contributed by atoms with E-state index >= 15 is 0 Å². The first-order valence-corrected chi connectivity index (χ1v) is 5.98. The van der Waals surface area contributed by atoms with Crippen LogP contribution in [0.25, 0.3) is 0 Å². The molecule has 2 aromatic rings. The van der Waals surface area contributed by atoms with Crippen LogP contribution in [-0.4, -0.2) is 11.0 Å². The summed E-state index contributed by atoms with van der Waals surface area (Å²) in [5, 5.41) is 12.4. The van der Waals surface area contributed by atoms with Crippen LogP contribution < -0.4 is 11.1 Å². The summed E-state index contributed by atoms with van der Waals surface area (Å²) in [5.74, 6) is -0.0553. The topological polar surface area (TPSA) is 75.4 Å². The molecule has 0 spiro atoms. The van der Waals surface area contributed by atoms with Crippen LogP contribution in [0.3, 0.4) is 0 Å². The normalized spacial score (nSPS) is 10.2. The number of nitrogens with two attached hydrogens (primary N) is 1. The van der Waals surface area contributed by atoms with Crippen molar-refractivity contribution in [3.8, 4) is 5.75 Å². The van der Waals surface area contributed by atoms with E-state index in [0.717, 1.165) is 5.56 Å². The molecule has 4 heteroatoms. The van der Waals surface area contributed by atoms with Crippen LogP contribution in [0.4, 0.5) is 5.69 Å². The van der Waals surface area contributed by atoms with E-state index in [9.17, 15) is 9.90 Å². The summed E-state index contributed by atoms with van der Waals surface area (Å²) in [7, 11) is 0. The van der Waals surface area contributed by atoms with E-state index in [-0.39, 0.29) is 18.2 Å². The molecule has 0 saturated carbocycles. The fraction of sp³-hybridized carbons (Fsp3) is 0.133. The highest BCUT2D eigenvalue weighted by Gasteiger charge is 2.07. The van der Waals surface area contributed by atoms with Crippen molar-refractivity contribution in [1.82, 2.24) is 5.32 Å². The second-order valence-corrected chi connectivity index (χ2v) is 4.44. The van der Waals surface area contributed by atoms with Crippen molar-refractivity contribution in [3.63, 3.8) is 0 Å². The van der Waals surface area contributed by atoms with E-state index in [2.05, 4.69) is 5.32 Å². The van der Waals surface area contributed by atoms with Crippen molar-refractivity contribution in [1.29, 1.82) is 0 Å². The van der Waals surface area contributed by atoms with Gasteiger partial charge in [0.25, 0.3) is 5.91 Å². The zero-order valence-electron chi connectivity index (χ0n) is 10.7. The number of aromatic hydroxyl groups is 1. The molecule has 0 aliphatic rings. The van der Waals surface area contributed by atoms with Crippen LogP contribution >= 0.6 is 0 Å². The third kappa shape index (κ3) is 3.25. The van der Waals surface area contributed by atoms with Crippen LogP contribution in [0, 0.1) is 6.92 Å². The summed E-state index contributed by atoms with van der Waals surface area (Å²) in [5.41, 5.74) is 8.48. The number of anilines is 1. The molecule has 4 N–H and O–H groups in total. The number of benzene rings is 2. The van der Waals surface area contributed by atoms with Gasteiger partial charge in [0.1, 0.15) is 5.75 Å². The van der Waals surface area contributed by atoms with E-state index in [4.69, 9.17) is 5.73 Å². The molecule has 98 valence electrons. The minimum absolute atomic E-state index is 0.124. The van der Waals surface area contributed by atoms with Gasteiger partial charge in [-0.2, -0.15) is 0 Å². The molecular weight excluding hydrogens is 240 g/mol. The number of phenolic OH excluding ortho intramolecular Hbond substituents is 1. The van der Waals surface area contributed by atoms with Gasteiger partial charge in [-0.3, -0.25) is 4.79 Å². The molecular formula is C15H16N2O2. The quantitative estimate of drug-likeness (QED) is 0.582. The number of carbonyl (C=O) groups is 1. The van der Waals surface area contributed by atoms with Gasteiger partial charge in [0.15, 0.2) is 0 Å². The maximum Gasteiger partial charge on any atom is 0.251 e. The summed E-state index contributed by atoms with van der Waals surface area (Å²) in [6.07, 6.45) is 0. The van der Waals surface area contributed by atoms with Crippen LogP contribution in [-0.2, 0) is 6.54 Å². The number of phenols is 1. The molecule has 4 nitrogen and oxygen atoms in total. The number of hydrogen-bond donors (Lipinski definition) is 3. The average Bonchev–Trinajstić information content (AvgIpc) is 2.40. The number of nitrogen functional groups attached to an aromatic ring is 1. The largest absolute Gasteiger partial charge is 0.508 e. The van der Waals surface area contributed by atoms with E-state index in [0.29, 0.717) is 16.8 Å². The summed E-state index contributed by atoms with van der Waals surface area (Å²) >= 11 is 0. The maximum atomic E-state index is 11.9. The fourth-order valence-corrected chi connectivity index (χ4v) is 1.73. The molecule has 0 atom stereocenters. The molecule has 0 saturated heterocycles. The van der Waals surface area contributed by atoms with Crippen molar-refractivity contribution in [2.75, 3.05) is 5.73 Å². The smallest absolute Gasteiger partial charge is 0.251 e. The molecule has 0 radical (unpaired) electrons. The highest BCUT2D eigenvalue weighted by atomic mass is 16.3. The van der Waals surface area contributed by atoms with Crippen molar-refractivity contribution in [2.24, 2.45) is 0 Å². The van der Waals surface area contributed by atoms with Crippen LogP contribution in [0.1, 0.15) is 21.5 Å². The molecule has 0 aliphatic heterocycles. The molecule has 1 amide bonds. The Bertz CT molecular complexity index is 592. The second kappa shape index (κ2) is 5.44.